The SMILES string of the molecule is CCC1(C)CC(NCc2ccn[nH]2)CCO1. The van der Waals surface area contributed by atoms with Gasteiger partial charge in [0, 0.05) is 31.1 Å². The summed E-state index contributed by atoms with van der Waals surface area (Å²) in [7, 11) is 0. The summed E-state index contributed by atoms with van der Waals surface area (Å²) in [6.07, 6.45) is 5.06. The molecule has 0 aliphatic carbocycles. The molecule has 1 saturated heterocycles. The minimum absolute atomic E-state index is 0.0594. The number of nitrogens with zero attached hydrogens (tertiary/aromatic N) is 1. The van der Waals surface area contributed by atoms with Crippen LogP contribution in [0.2, 0.25) is 0 Å². The molecule has 0 amide bonds. The molecule has 2 atom stereocenters. The summed E-state index contributed by atoms with van der Waals surface area (Å²) >= 11 is 0. The van der Waals surface area contributed by atoms with E-state index in [4.69, 9.17) is 4.74 Å². The predicted octanol–water partition coefficient (Wildman–Crippen LogP) is 1.85. The van der Waals surface area contributed by atoms with Crippen molar-refractivity contribution in [2.75, 3.05) is 6.61 Å². The summed E-state index contributed by atoms with van der Waals surface area (Å²) in [5.41, 5.74) is 1.20. The van der Waals surface area contributed by atoms with Gasteiger partial charge in [-0.25, -0.2) is 0 Å². The molecular formula is C12H21N3O. The van der Waals surface area contributed by atoms with E-state index in [1.807, 2.05) is 6.07 Å². The van der Waals surface area contributed by atoms with E-state index in [0.717, 1.165) is 38.1 Å². The van der Waals surface area contributed by atoms with Crippen LogP contribution in [0.3, 0.4) is 0 Å². The average Bonchev–Trinajstić information content (AvgIpc) is 2.80. The van der Waals surface area contributed by atoms with E-state index < -0.39 is 0 Å². The van der Waals surface area contributed by atoms with Gasteiger partial charge in [-0.1, -0.05) is 6.92 Å². The monoisotopic (exact) mass is 223 g/mol. The Bertz CT molecular complexity index is 312. The van der Waals surface area contributed by atoms with E-state index in [-0.39, 0.29) is 5.60 Å². The first-order valence-electron chi connectivity index (χ1n) is 6.07. The number of ether oxygens (including phenoxy) is 1. The molecule has 2 rings (SSSR count). The lowest BCUT2D eigenvalue weighted by atomic mass is 9.90. The van der Waals surface area contributed by atoms with Gasteiger partial charge in [0.05, 0.1) is 5.60 Å². The third-order valence-electron chi connectivity index (χ3n) is 3.48. The third kappa shape index (κ3) is 2.83. The number of rotatable bonds is 4. The molecule has 0 bridgehead atoms. The van der Waals surface area contributed by atoms with E-state index in [1.54, 1.807) is 6.20 Å². The van der Waals surface area contributed by atoms with Gasteiger partial charge in [0.25, 0.3) is 0 Å². The van der Waals surface area contributed by atoms with E-state index in [0.29, 0.717) is 6.04 Å². The molecule has 1 fully saturated rings. The first-order valence-corrected chi connectivity index (χ1v) is 6.07. The summed E-state index contributed by atoms with van der Waals surface area (Å²) in [6.45, 7) is 6.13. The van der Waals surface area contributed by atoms with E-state index in [9.17, 15) is 0 Å². The van der Waals surface area contributed by atoms with Crippen molar-refractivity contribution in [1.82, 2.24) is 15.5 Å². The summed E-state index contributed by atoms with van der Waals surface area (Å²) in [5, 5.41) is 10.5. The van der Waals surface area contributed by atoms with Gasteiger partial charge in [0.2, 0.25) is 0 Å². The lowest BCUT2D eigenvalue weighted by Gasteiger charge is -2.38. The molecule has 0 aromatic carbocycles. The molecule has 1 aliphatic rings. The van der Waals surface area contributed by atoms with Gasteiger partial charge in [-0.15, -0.1) is 0 Å². The minimum atomic E-state index is 0.0594. The summed E-state index contributed by atoms with van der Waals surface area (Å²) in [6, 6.07) is 2.56. The van der Waals surface area contributed by atoms with E-state index >= 15 is 0 Å². The summed E-state index contributed by atoms with van der Waals surface area (Å²) in [4.78, 5) is 0. The highest BCUT2D eigenvalue weighted by Crippen LogP contribution is 2.27. The van der Waals surface area contributed by atoms with Crippen molar-refractivity contribution in [2.24, 2.45) is 0 Å². The second-order valence-electron chi connectivity index (χ2n) is 4.80. The molecule has 0 radical (unpaired) electrons. The van der Waals surface area contributed by atoms with Crippen LogP contribution in [0, 0.1) is 0 Å². The van der Waals surface area contributed by atoms with Crippen molar-refractivity contribution in [3.63, 3.8) is 0 Å². The van der Waals surface area contributed by atoms with Crippen LogP contribution in [0.4, 0.5) is 0 Å². The molecule has 0 saturated carbocycles. The van der Waals surface area contributed by atoms with Crippen LogP contribution in [0.25, 0.3) is 0 Å². The van der Waals surface area contributed by atoms with Gasteiger partial charge in [-0.05, 0) is 32.3 Å². The van der Waals surface area contributed by atoms with Gasteiger partial charge < -0.3 is 10.1 Å². The van der Waals surface area contributed by atoms with Gasteiger partial charge in [0.15, 0.2) is 0 Å². The molecule has 16 heavy (non-hydrogen) atoms. The maximum Gasteiger partial charge on any atom is 0.0666 e. The number of aromatic nitrogens is 2. The Morgan fingerprint density at radius 3 is 3.25 bits per heavy atom. The Balaban J connectivity index is 1.81. The topological polar surface area (TPSA) is 49.9 Å². The van der Waals surface area contributed by atoms with Crippen molar-refractivity contribution >= 4 is 0 Å². The number of nitrogens with one attached hydrogen (secondary N) is 2. The molecule has 2 N–H and O–H groups in total. The van der Waals surface area contributed by atoms with Crippen LogP contribution in [0.5, 0.6) is 0 Å². The van der Waals surface area contributed by atoms with Gasteiger partial charge in [-0.2, -0.15) is 5.10 Å². The van der Waals surface area contributed by atoms with Crippen molar-refractivity contribution in [1.29, 1.82) is 0 Å². The zero-order chi connectivity index (χ0) is 11.4. The fourth-order valence-electron chi connectivity index (χ4n) is 2.19. The van der Waals surface area contributed by atoms with Crippen LogP contribution in [0.15, 0.2) is 12.3 Å². The molecule has 4 heteroatoms. The van der Waals surface area contributed by atoms with E-state index in [2.05, 4.69) is 29.4 Å². The Morgan fingerprint density at radius 2 is 2.56 bits per heavy atom. The quantitative estimate of drug-likeness (QED) is 0.819. The average molecular weight is 223 g/mol. The van der Waals surface area contributed by atoms with E-state index in [1.165, 1.54) is 0 Å². The normalized spacial score (nSPS) is 30.5. The third-order valence-corrected chi connectivity index (χ3v) is 3.48. The maximum absolute atomic E-state index is 5.82. The van der Waals surface area contributed by atoms with Crippen LogP contribution >= 0.6 is 0 Å². The number of hydrogen-bond acceptors (Lipinski definition) is 3. The van der Waals surface area contributed by atoms with Crippen molar-refractivity contribution in [2.45, 2.75) is 51.3 Å². The Morgan fingerprint density at radius 1 is 1.69 bits per heavy atom. The molecular weight excluding hydrogens is 202 g/mol. The fraction of sp³-hybridized carbons (Fsp3) is 0.750. The van der Waals surface area contributed by atoms with Crippen LogP contribution in [-0.2, 0) is 11.3 Å². The zero-order valence-electron chi connectivity index (χ0n) is 10.1. The highest BCUT2D eigenvalue weighted by Gasteiger charge is 2.31. The largest absolute Gasteiger partial charge is 0.375 e. The fourth-order valence-corrected chi connectivity index (χ4v) is 2.19. The molecule has 2 unspecified atom stereocenters. The molecule has 90 valence electrons. The molecule has 1 aromatic rings. The van der Waals surface area contributed by atoms with Crippen molar-refractivity contribution in [3.05, 3.63) is 18.0 Å². The van der Waals surface area contributed by atoms with Crippen molar-refractivity contribution in [3.8, 4) is 0 Å². The minimum Gasteiger partial charge on any atom is -0.375 e. The van der Waals surface area contributed by atoms with Crippen LogP contribution in [0.1, 0.15) is 38.8 Å². The molecule has 2 heterocycles. The van der Waals surface area contributed by atoms with Crippen LogP contribution in [-0.4, -0.2) is 28.4 Å². The highest BCUT2D eigenvalue weighted by molar-refractivity contribution is 4.97. The highest BCUT2D eigenvalue weighted by atomic mass is 16.5. The van der Waals surface area contributed by atoms with Crippen LogP contribution < -0.4 is 5.32 Å². The maximum atomic E-state index is 5.82. The number of aromatic amines is 1. The zero-order valence-corrected chi connectivity index (χ0v) is 10.1. The lowest BCUT2D eigenvalue weighted by Crippen LogP contribution is -2.44. The summed E-state index contributed by atoms with van der Waals surface area (Å²) < 4.78 is 5.82. The Hall–Kier alpha value is -0.870. The second-order valence-corrected chi connectivity index (χ2v) is 4.80. The van der Waals surface area contributed by atoms with Crippen molar-refractivity contribution < 1.29 is 4.74 Å². The smallest absolute Gasteiger partial charge is 0.0666 e. The lowest BCUT2D eigenvalue weighted by molar-refractivity contribution is -0.0781. The van der Waals surface area contributed by atoms with Gasteiger partial charge in [-0.3, -0.25) is 5.10 Å². The first kappa shape index (κ1) is 11.6. The summed E-state index contributed by atoms with van der Waals surface area (Å²) in [5.74, 6) is 0. The standard InChI is InChI=1S/C12H21N3O/c1-3-12(2)8-10(5-7-16-12)13-9-11-4-6-14-15-11/h4,6,10,13H,3,5,7-9H2,1-2H3,(H,14,15). The molecule has 0 spiro atoms. The van der Waals surface area contributed by atoms with Gasteiger partial charge >= 0.3 is 0 Å². The molecule has 1 aliphatic heterocycles. The Labute approximate surface area is 96.8 Å². The Kier molecular flexibility index (Phi) is 3.61. The predicted molar refractivity (Wildman–Crippen MR) is 63.1 cm³/mol. The molecule has 4 nitrogen and oxygen atoms in total. The number of H-pyrrole nitrogens is 1. The first-order chi connectivity index (χ1) is 7.72. The second kappa shape index (κ2) is 4.97. The number of hydrogen-bond donors (Lipinski definition) is 2. The molecule has 1 aromatic heterocycles. The van der Waals surface area contributed by atoms with Gasteiger partial charge in [0.1, 0.15) is 0 Å².